The average molecular weight is 299 g/mol. The highest BCUT2D eigenvalue weighted by atomic mass is 32.2. The first kappa shape index (κ1) is 14.1. The van der Waals surface area contributed by atoms with Crippen molar-refractivity contribution < 1.29 is 0 Å². The SMILES string of the molecule is CC1CCC2(CC1)CSC(=NCC1CCSCC1)N2. The molecule has 1 aliphatic carbocycles. The molecule has 1 spiro atoms. The molecular formula is C15H26N2S2. The van der Waals surface area contributed by atoms with Crippen molar-refractivity contribution in [2.75, 3.05) is 23.8 Å². The highest BCUT2D eigenvalue weighted by Crippen LogP contribution is 2.38. The zero-order valence-electron chi connectivity index (χ0n) is 12.0. The zero-order valence-corrected chi connectivity index (χ0v) is 13.6. The highest BCUT2D eigenvalue weighted by Gasteiger charge is 2.39. The Bertz CT molecular complexity index is 329. The summed E-state index contributed by atoms with van der Waals surface area (Å²) in [4.78, 5) is 4.87. The molecule has 3 rings (SSSR count). The van der Waals surface area contributed by atoms with Crippen LogP contribution in [0.1, 0.15) is 45.4 Å². The Labute approximate surface area is 126 Å². The van der Waals surface area contributed by atoms with Gasteiger partial charge in [0, 0.05) is 17.8 Å². The molecule has 0 amide bonds. The minimum Gasteiger partial charge on any atom is -0.359 e. The van der Waals surface area contributed by atoms with E-state index in [2.05, 4.69) is 24.0 Å². The van der Waals surface area contributed by atoms with E-state index in [-0.39, 0.29) is 0 Å². The Morgan fingerprint density at radius 3 is 2.68 bits per heavy atom. The fraction of sp³-hybridized carbons (Fsp3) is 0.933. The zero-order chi connectivity index (χ0) is 13.1. The summed E-state index contributed by atoms with van der Waals surface area (Å²) >= 11 is 4.08. The maximum absolute atomic E-state index is 4.87. The van der Waals surface area contributed by atoms with Gasteiger partial charge in [-0.2, -0.15) is 11.8 Å². The summed E-state index contributed by atoms with van der Waals surface area (Å²) in [6, 6.07) is 0. The number of nitrogens with zero attached hydrogens (tertiary/aromatic N) is 1. The predicted molar refractivity (Wildman–Crippen MR) is 88.3 cm³/mol. The smallest absolute Gasteiger partial charge is 0.157 e. The van der Waals surface area contributed by atoms with E-state index in [4.69, 9.17) is 4.99 Å². The third-order valence-corrected chi connectivity index (χ3v) is 7.17. The molecule has 0 atom stereocenters. The Kier molecular flexibility index (Phi) is 4.68. The second kappa shape index (κ2) is 6.30. The Hall–Kier alpha value is 0.170. The van der Waals surface area contributed by atoms with Crippen molar-refractivity contribution in [1.29, 1.82) is 0 Å². The standard InChI is InChI=1S/C15H26N2S2/c1-12-2-6-15(7-3-12)11-19-14(17-15)16-10-13-4-8-18-9-5-13/h12-13H,2-11H2,1H3,(H,16,17). The highest BCUT2D eigenvalue weighted by molar-refractivity contribution is 8.14. The van der Waals surface area contributed by atoms with Crippen LogP contribution in [0.15, 0.2) is 4.99 Å². The van der Waals surface area contributed by atoms with E-state index in [1.54, 1.807) is 0 Å². The normalized spacial score (nSPS) is 38.8. The molecule has 0 aromatic carbocycles. The average Bonchev–Trinajstić information content (AvgIpc) is 2.85. The summed E-state index contributed by atoms with van der Waals surface area (Å²) in [6.07, 6.45) is 8.21. The van der Waals surface area contributed by atoms with Crippen molar-refractivity contribution in [3.05, 3.63) is 0 Å². The molecule has 2 saturated heterocycles. The van der Waals surface area contributed by atoms with Crippen molar-refractivity contribution in [3.8, 4) is 0 Å². The molecule has 0 unspecified atom stereocenters. The van der Waals surface area contributed by atoms with E-state index in [1.165, 1.54) is 61.0 Å². The molecule has 3 aliphatic rings. The van der Waals surface area contributed by atoms with Gasteiger partial charge >= 0.3 is 0 Å². The van der Waals surface area contributed by atoms with Gasteiger partial charge in [-0.05, 0) is 61.9 Å². The second-order valence-corrected chi connectivity index (χ2v) is 8.77. The summed E-state index contributed by atoms with van der Waals surface area (Å²) in [6.45, 7) is 3.45. The first-order valence-corrected chi connectivity index (χ1v) is 9.93. The van der Waals surface area contributed by atoms with Crippen LogP contribution in [0.25, 0.3) is 0 Å². The van der Waals surface area contributed by atoms with Crippen molar-refractivity contribution in [2.24, 2.45) is 16.8 Å². The Morgan fingerprint density at radius 2 is 1.95 bits per heavy atom. The molecule has 19 heavy (non-hydrogen) atoms. The van der Waals surface area contributed by atoms with Crippen LogP contribution in [0.5, 0.6) is 0 Å². The lowest BCUT2D eigenvalue weighted by Gasteiger charge is -2.35. The molecule has 2 aliphatic heterocycles. The van der Waals surface area contributed by atoms with Crippen LogP contribution in [-0.2, 0) is 0 Å². The number of thioether (sulfide) groups is 2. The molecule has 1 saturated carbocycles. The van der Waals surface area contributed by atoms with Gasteiger partial charge in [0.1, 0.15) is 0 Å². The summed E-state index contributed by atoms with van der Waals surface area (Å²) in [5.74, 6) is 5.71. The number of hydrogen-bond donors (Lipinski definition) is 1. The molecule has 0 aromatic heterocycles. The van der Waals surface area contributed by atoms with Crippen molar-refractivity contribution >= 4 is 28.7 Å². The molecule has 0 bridgehead atoms. The summed E-state index contributed by atoms with van der Waals surface area (Å²) in [5, 5.41) is 5.02. The summed E-state index contributed by atoms with van der Waals surface area (Å²) in [5.41, 5.74) is 0.401. The fourth-order valence-corrected chi connectivity index (χ4v) is 5.75. The number of nitrogens with one attached hydrogen (secondary N) is 1. The van der Waals surface area contributed by atoms with E-state index in [0.29, 0.717) is 5.54 Å². The maximum Gasteiger partial charge on any atom is 0.157 e. The first-order valence-electron chi connectivity index (χ1n) is 7.79. The van der Waals surface area contributed by atoms with Crippen LogP contribution in [-0.4, -0.2) is 34.5 Å². The minimum absolute atomic E-state index is 0.401. The quantitative estimate of drug-likeness (QED) is 0.840. The van der Waals surface area contributed by atoms with Crippen LogP contribution < -0.4 is 5.32 Å². The monoisotopic (exact) mass is 298 g/mol. The predicted octanol–water partition coefficient (Wildman–Crippen LogP) is 3.77. The lowest BCUT2D eigenvalue weighted by molar-refractivity contribution is 0.250. The first-order chi connectivity index (χ1) is 9.26. The second-order valence-electron chi connectivity index (χ2n) is 6.58. The molecule has 1 N–H and O–H groups in total. The van der Waals surface area contributed by atoms with Crippen LogP contribution in [0.4, 0.5) is 0 Å². The van der Waals surface area contributed by atoms with Crippen LogP contribution in [0, 0.1) is 11.8 Å². The Morgan fingerprint density at radius 1 is 1.21 bits per heavy atom. The van der Waals surface area contributed by atoms with E-state index in [9.17, 15) is 0 Å². The van der Waals surface area contributed by atoms with Crippen molar-refractivity contribution in [1.82, 2.24) is 5.32 Å². The van der Waals surface area contributed by atoms with Crippen molar-refractivity contribution in [2.45, 2.75) is 51.0 Å². The lowest BCUT2D eigenvalue weighted by Crippen LogP contribution is -2.46. The van der Waals surface area contributed by atoms with Crippen molar-refractivity contribution in [3.63, 3.8) is 0 Å². The van der Waals surface area contributed by atoms with Crippen LogP contribution in [0.3, 0.4) is 0 Å². The molecule has 3 fully saturated rings. The molecule has 0 aromatic rings. The molecular weight excluding hydrogens is 272 g/mol. The molecule has 2 nitrogen and oxygen atoms in total. The fourth-order valence-electron chi connectivity index (χ4n) is 3.32. The van der Waals surface area contributed by atoms with Gasteiger partial charge < -0.3 is 5.32 Å². The van der Waals surface area contributed by atoms with Gasteiger partial charge in [-0.25, -0.2) is 0 Å². The van der Waals surface area contributed by atoms with Gasteiger partial charge in [0.25, 0.3) is 0 Å². The number of amidine groups is 1. The Balaban J connectivity index is 1.50. The lowest BCUT2D eigenvalue weighted by atomic mass is 9.78. The summed E-state index contributed by atoms with van der Waals surface area (Å²) < 4.78 is 0. The minimum atomic E-state index is 0.401. The molecule has 4 heteroatoms. The van der Waals surface area contributed by atoms with Gasteiger partial charge in [0.15, 0.2) is 5.17 Å². The van der Waals surface area contributed by atoms with E-state index in [0.717, 1.165) is 18.4 Å². The molecule has 0 radical (unpaired) electrons. The van der Waals surface area contributed by atoms with Gasteiger partial charge in [-0.15, -0.1) is 0 Å². The van der Waals surface area contributed by atoms with Gasteiger partial charge in [-0.3, -0.25) is 4.99 Å². The van der Waals surface area contributed by atoms with Gasteiger partial charge in [-0.1, -0.05) is 18.7 Å². The topological polar surface area (TPSA) is 24.4 Å². The number of aliphatic imine (C=N–C) groups is 1. The molecule has 108 valence electrons. The van der Waals surface area contributed by atoms with E-state index in [1.807, 2.05) is 11.8 Å². The van der Waals surface area contributed by atoms with Gasteiger partial charge in [0.05, 0.1) is 0 Å². The van der Waals surface area contributed by atoms with E-state index < -0.39 is 0 Å². The van der Waals surface area contributed by atoms with Crippen LogP contribution in [0.2, 0.25) is 0 Å². The number of rotatable bonds is 2. The van der Waals surface area contributed by atoms with E-state index >= 15 is 0 Å². The van der Waals surface area contributed by atoms with Gasteiger partial charge in [0.2, 0.25) is 0 Å². The largest absolute Gasteiger partial charge is 0.359 e. The number of hydrogen-bond acceptors (Lipinski definition) is 3. The third kappa shape index (κ3) is 3.63. The maximum atomic E-state index is 4.87. The summed E-state index contributed by atoms with van der Waals surface area (Å²) in [7, 11) is 0. The third-order valence-electron chi connectivity index (χ3n) is 4.92. The molecule has 2 heterocycles. The van der Waals surface area contributed by atoms with Crippen LogP contribution >= 0.6 is 23.5 Å².